The van der Waals surface area contributed by atoms with Gasteiger partial charge in [0, 0.05) is 18.9 Å². The van der Waals surface area contributed by atoms with Crippen molar-refractivity contribution >= 4 is 24.2 Å². The highest BCUT2D eigenvalue weighted by atomic mass is 35.5. The van der Waals surface area contributed by atoms with Gasteiger partial charge in [-0.15, -0.1) is 12.4 Å². The predicted octanol–water partition coefficient (Wildman–Crippen LogP) is 0.425. The van der Waals surface area contributed by atoms with Crippen molar-refractivity contribution in [3.05, 3.63) is 0 Å². The number of rotatable bonds is 8. The highest BCUT2D eigenvalue weighted by Crippen LogP contribution is 2.28. The molecule has 0 saturated heterocycles. The standard InChI is InChI=1S/C11H19F2N3O2.ClH/c12-11(13,6-14)7-16-9(17)2-1-5-15-10(18)8-3-4-8;/h8H,1-7,14H2,(H,15,18)(H,16,17);1H. The summed E-state index contributed by atoms with van der Waals surface area (Å²) in [5.41, 5.74) is 4.83. The van der Waals surface area contributed by atoms with Crippen LogP contribution in [-0.4, -0.2) is 37.4 Å². The van der Waals surface area contributed by atoms with Crippen molar-refractivity contribution in [2.75, 3.05) is 19.6 Å². The number of carbonyl (C=O) groups is 2. The number of hydrogen-bond acceptors (Lipinski definition) is 3. The third-order valence-electron chi connectivity index (χ3n) is 2.67. The molecule has 0 spiro atoms. The Balaban J connectivity index is 0.00000324. The zero-order chi connectivity index (χ0) is 13.6. The van der Waals surface area contributed by atoms with Gasteiger partial charge in [-0.25, -0.2) is 8.78 Å². The van der Waals surface area contributed by atoms with Crippen molar-refractivity contribution in [2.24, 2.45) is 11.7 Å². The minimum atomic E-state index is -3.06. The largest absolute Gasteiger partial charge is 0.356 e. The highest BCUT2D eigenvalue weighted by molar-refractivity contribution is 5.85. The first-order valence-electron chi connectivity index (χ1n) is 6.07. The maximum atomic E-state index is 12.7. The first kappa shape index (κ1) is 18.0. The quantitative estimate of drug-likeness (QED) is 0.568. The lowest BCUT2D eigenvalue weighted by Crippen LogP contribution is -2.41. The Morgan fingerprint density at radius 3 is 2.42 bits per heavy atom. The van der Waals surface area contributed by atoms with Gasteiger partial charge in [0.2, 0.25) is 11.8 Å². The van der Waals surface area contributed by atoms with Gasteiger partial charge in [0.1, 0.15) is 0 Å². The lowest BCUT2D eigenvalue weighted by atomic mass is 10.2. The molecule has 1 rings (SSSR count). The first-order chi connectivity index (χ1) is 8.44. The zero-order valence-corrected chi connectivity index (χ0v) is 11.4. The Bertz CT molecular complexity index is 312. The summed E-state index contributed by atoms with van der Waals surface area (Å²) >= 11 is 0. The molecule has 0 bridgehead atoms. The van der Waals surface area contributed by atoms with Crippen molar-refractivity contribution in [1.82, 2.24) is 10.6 Å². The number of alkyl halides is 2. The van der Waals surface area contributed by atoms with Gasteiger partial charge in [-0.05, 0) is 19.3 Å². The fourth-order valence-corrected chi connectivity index (χ4v) is 1.34. The number of amides is 2. The fraction of sp³-hybridized carbons (Fsp3) is 0.818. The minimum absolute atomic E-state index is 0. The van der Waals surface area contributed by atoms with Gasteiger partial charge in [0.05, 0.1) is 13.1 Å². The Morgan fingerprint density at radius 1 is 1.26 bits per heavy atom. The molecule has 0 atom stereocenters. The Kier molecular flexibility index (Phi) is 7.85. The van der Waals surface area contributed by atoms with E-state index in [0.717, 1.165) is 12.8 Å². The van der Waals surface area contributed by atoms with Crippen molar-refractivity contribution < 1.29 is 18.4 Å². The van der Waals surface area contributed by atoms with Gasteiger partial charge in [-0.2, -0.15) is 0 Å². The summed E-state index contributed by atoms with van der Waals surface area (Å²) < 4.78 is 25.4. The molecule has 8 heteroatoms. The van der Waals surface area contributed by atoms with Gasteiger partial charge in [-0.1, -0.05) is 0 Å². The van der Waals surface area contributed by atoms with Gasteiger partial charge in [0.25, 0.3) is 5.92 Å². The zero-order valence-electron chi connectivity index (χ0n) is 10.6. The van der Waals surface area contributed by atoms with E-state index in [9.17, 15) is 18.4 Å². The van der Waals surface area contributed by atoms with E-state index in [1.807, 2.05) is 0 Å². The number of hydrogen-bond donors (Lipinski definition) is 3. The van der Waals surface area contributed by atoms with Gasteiger partial charge in [-0.3, -0.25) is 9.59 Å². The summed E-state index contributed by atoms with van der Waals surface area (Å²) in [4.78, 5) is 22.4. The molecule has 0 aliphatic heterocycles. The second-order valence-corrected chi connectivity index (χ2v) is 4.51. The average Bonchev–Trinajstić information content (AvgIpc) is 3.16. The molecule has 0 aromatic rings. The lowest BCUT2D eigenvalue weighted by molar-refractivity contribution is -0.124. The van der Waals surface area contributed by atoms with E-state index in [1.54, 1.807) is 0 Å². The van der Waals surface area contributed by atoms with Crippen molar-refractivity contribution in [3.8, 4) is 0 Å². The number of carbonyl (C=O) groups excluding carboxylic acids is 2. The van der Waals surface area contributed by atoms with E-state index >= 15 is 0 Å². The van der Waals surface area contributed by atoms with Gasteiger partial charge < -0.3 is 16.4 Å². The molecule has 19 heavy (non-hydrogen) atoms. The summed E-state index contributed by atoms with van der Waals surface area (Å²) in [6.45, 7) is -1.13. The maximum absolute atomic E-state index is 12.7. The van der Waals surface area contributed by atoms with E-state index in [2.05, 4.69) is 10.6 Å². The normalized spacial score (nSPS) is 14.5. The van der Waals surface area contributed by atoms with Crippen molar-refractivity contribution in [2.45, 2.75) is 31.6 Å². The van der Waals surface area contributed by atoms with Crippen LogP contribution in [0.5, 0.6) is 0 Å². The summed E-state index contributed by atoms with van der Waals surface area (Å²) in [5, 5.41) is 4.81. The Morgan fingerprint density at radius 2 is 1.89 bits per heavy atom. The van der Waals surface area contributed by atoms with E-state index in [1.165, 1.54) is 0 Å². The SMILES string of the molecule is Cl.NCC(F)(F)CNC(=O)CCCNC(=O)C1CC1. The predicted molar refractivity (Wildman–Crippen MR) is 69.2 cm³/mol. The van der Waals surface area contributed by atoms with E-state index < -0.39 is 24.9 Å². The number of halogens is 3. The monoisotopic (exact) mass is 299 g/mol. The van der Waals surface area contributed by atoms with Crippen LogP contribution in [0.4, 0.5) is 8.78 Å². The molecule has 0 heterocycles. The maximum Gasteiger partial charge on any atom is 0.277 e. The van der Waals surface area contributed by atoms with Crippen LogP contribution in [0.25, 0.3) is 0 Å². The van der Waals surface area contributed by atoms with Crippen LogP contribution in [-0.2, 0) is 9.59 Å². The molecule has 5 nitrogen and oxygen atoms in total. The number of nitrogens with one attached hydrogen (secondary N) is 2. The second kappa shape index (κ2) is 8.27. The summed E-state index contributed by atoms with van der Waals surface area (Å²) in [6, 6.07) is 0. The van der Waals surface area contributed by atoms with Crippen LogP contribution in [0.2, 0.25) is 0 Å². The molecule has 0 radical (unpaired) electrons. The average molecular weight is 300 g/mol. The molecule has 0 aromatic heterocycles. The van der Waals surface area contributed by atoms with Crippen LogP contribution >= 0.6 is 12.4 Å². The smallest absolute Gasteiger partial charge is 0.277 e. The third kappa shape index (κ3) is 7.94. The van der Waals surface area contributed by atoms with Crippen LogP contribution in [0.15, 0.2) is 0 Å². The molecular formula is C11H20ClF2N3O2. The van der Waals surface area contributed by atoms with E-state index in [0.29, 0.717) is 13.0 Å². The second-order valence-electron chi connectivity index (χ2n) is 4.51. The fourth-order valence-electron chi connectivity index (χ4n) is 1.34. The van der Waals surface area contributed by atoms with Gasteiger partial charge in [0.15, 0.2) is 0 Å². The van der Waals surface area contributed by atoms with Crippen molar-refractivity contribution in [3.63, 3.8) is 0 Å². The minimum Gasteiger partial charge on any atom is -0.356 e. The number of nitrogens with two attached hydrogens (primary N) is 1. The molecule has 0 aromatic carbocycles. The molecular weight excluding hydrogens is 280 g/mol. The van der Waals surface area contributed by atoms with E-state index in [-0.39, 0.29) is 30.7 Å². The van der Waals surface area contributed by atoms with E-state index in [4.69, 9.17) is 5.73 Å². The Labute approximate surface area is 117 Å². The molecule has 0 unspecified atom stereocenters. The molecule has 1 aliphatic carbocycles. The van der Waals surface area contributed by atoms with Crippen LogP contribution < -0.4 is 16.4 Å². The van der Waals surface area contributed by atoms with Crippen molar-refractivity contribution in [1.29, 1.82) is 0 Å². The molecule has 1 saturated carbocycles. The molecule has 1 fully saturated rings. The Hall–Kier alpha value is -0.950. The van der Waals surface area contributed by atoms with Crippen LogP contribution in [0, 0.1) is 5.92 Å². The third-order valence-corrected chi connectivity index (χ3v) is 2.67. The van der Waals surface area contributed by atoms with Crippen LogP contribution in [0.1, 0.15) is 25.7 Å². The molecule has 112 valence electrons. The topological polar surface area (TPSA) is 84.2 Å². The van der Waals surface area contributed by atoms with Gasteiger partial charge >= 0.3 is 0 Å². The molecule has 1 aliphatic rings. The molecule has 2 amide bonds. The van der Waals surface area contributed by atoms with Crippen LogP contribution in [0.3, 0.4) is 0 Å². The molecule has 4 N–H and O–H groups in total. The summed E-state index contributed by atoms with van der Waals surface area (Å²) in [5.74, 6) is -3.36. The highest BCUT2D eigenvalue weighted by Gasteiger charge is 2.29. The first-order valence-corrected chi connectivity index (χ1v) is 6.07. The lowest BCUT2D eigenvalue weighted by Gasteiger charge is -2.14. The summed E-state index contributed by atoms with van der Waals surface area (Å²) in [6.07, 6.45) is 2.42. The summed E-state index contributed by atoms with van der Waals surface area (Å²) in [7, 11) is 0.